The van der Waals surface area contributed by atoms with E-state index in [1.807, 2.05) is 0 Å². The summed E-state index contributed by atoms with van der Waals surface area (Å²) in [4.78, 5) is 24.0. The van der Waals surface area contributed by atoms with Gasteiger partial charge in [-0.25, -0.2) is 0 Å². The number of carbonyl (C=O) groups excluding carboxylic acids is 1. The molecule has 1 amide bonds. The highest BCUT2D eigenvalue weighted by Crippen LogP contribution is 2.29. The third-order valence-electron chi connectivity index (χ3n) is 3.59. The Morgan fingerprint density at radius 3 is 2.85 bits per heavy atom. The number of benzene rings is 1. The van der Waals surface area contributed by atoms with Crippen molar-refractivity contribution in [3.63, 3.8) is 0 Å². The van der Waals surface area contributed by atoms with E-state index in [4.69, 9.17) is 16.0 Å². The predicted molar refractivity (Wildman–Crippen MR) is 96.4 cm³/mol. The predicted octanol–water partition coefficient (Wildman–Crippen LogP) is 3.91. The number of hydrogen-bond acceptors (Lipinski definition) is 6. The summed E-state index contributed by atoms with van der Waals surface area (Å²) in [7, 11) is 0. The number of aliphatic hydroxyl groups excluding tert-OH is 1. The maximum absolute atomic E-state index is 12.3. The molecule has 2 heterocycles. The van der Waals surface area contributed by atoms with E-state index in [9.17, 15) is 20.0 Å². The van der Waals surface area contributed by atoms with Crippen LogP contribution in [0.25, 0.3) is 0 Å². The van der Waals surface area contributed by atoms with Gasteiger partial charge in [-0.15, -0.1) is 11.3 Å². The molecule has 0 fully saturated rings. The Morgan fingerprint density at radius 1 is 1.35 bits per heavy atom. The van der Waals surface area contributed by atoms with Crippen molar-refractivity contribution in [3.8, 4) is 0 Å². The van der Waals surface area contributed by atoms with Gasteiger partial charge in [-0.3, -0.25) is 14.9 Å². The van der Waals surface area contributed by atoms with Gasteiger partial charge in [0, 0.05) is 21.9 Å². The molecule has 0 aliphatic heterocycles. The first kappa shape index (κ1) is 18.1. The van der Waals surface area contributed by atoms with Gasteiger partial charge in [0.15, 0.2) is 0 Å². The minimum Gasteiger partial charge on any atom is -0.466 e. The van der Waals surface area contributed by atoms with Crippen molar-refractivity contribution in [2.45, 2.75) is 12.6 Å². The van der Waals surface area contributed by atoms with Crippen molar-refractivity contribution in [2.75, 3.05) is 0 Å². The number of rotatable bonds is 6. The SMILES string of the molecule is O=C(NCc1ccc(C(O)c2ccco2)s1)c1cc([N+](=O)[O-])ccc1Cl. The molecule has 2 N–H and O–H groups in total. The fourth-order valence-corrected chi connectivity index (χ4v) is 3.44. The normalized spacial score (nSPS) is 11.9. The fraction of sp³-hybridized carbons (Fsp3) is 0.118. The Labute approximate surface area is 157 Å². The lowest BCUT2D eigenvalue weighted by Crippen LogP contribution is -2.22. The Bertz CT molecular complexity index is 939. The summed E-state index contributed by atoms with van der Waals surface area (Å²) in [5, 5.41) is 23.8. The van der Waals surface area contributed by atoms with E-state index in [-0.39, 0.29) is 22.8 Å². The summed E-state index contributed by atoms with van der Waals surface area (Å²) in [6.45, 7) is 0.202. The third-order valence-corrected chi connectivity index (χ3v) is 5.06. The van der Waals surface area contributed by atoms with E-state index in [0.29, 0.717) is 10.6 Å². The van der Waals surface area contributed by atoms with Gasteiger partial charge in [-0.05, 0) is 30.3 Å². The van der Waals surface area contributed by atoms with Gasteiger partial charge in [0.1, 0.15) is 11.9 Å². The van der Waals surface area contributed by atoms with Crippen LogP contribution >= 0.6 is 22.9 Å². The van der Waals surface area contributed by atoms with Crippen molar-refractivity contribution < 1.29 is 19.2 Å². The molecule has 0 radical (unpaired) electrons. The Kier molecular flexibility index (Phi) is 5.36. The highest BCUT2D eigenvalue weighted by atomic mass is 35.5. The van der Waals surface area contributed by atoms with Crippen LogP contribution in [0.2, 0.25) is 5.02 Å². The topological polar surface area (TPSA) is 106 Å². The van der Waals surface area contributed by atoms with Crippen LogP contribution in [0.1, 0.15) is 32.0 Å². The molecule has 7 nitrogen and oxygen atoms in total. The molecule has 134 valence electrons. The van der Waals surface area contributed by atoms with Gasteiger partial charge in [-0.2, -0.15) is 0 Å². The van der Waals surface area contributed by atoms with Crippen LogP contribution < -0.4 is 5.32 Å². The number of non-ortho nitro benzene ring substituents is 1. The van der Waals surface area contributed by atoms with Gasteiger partial charge in [0.2, 0.25) is 0 Å². The molecular formula is C17H13ClN2O5S. The minimum absolute atomic E-state index is 0.0354. The number of nitrogens with one attached hydrogen (secondary N) is 1. The molecule has 0 aliphatic rings. The van der Waals surface area contributed by atoms with E-state index >= 15 is 0 Å². The summed E-state index contributed by atoms with van der Waals surface area (Å²) < 4.78 is 5.18. The van der Waals surface area contributed by atoms with Gasteiger partial charge in [0.25, 0.3) is 11.6 Å². The maximum Gasteiger partial charge on any atom is 0.270 e. The lowest BCUT2D eigenvalue weighted by Gasteiger charge is -2.06. The number of hydrogen-bond donors (Lipinski definition) is 2. The first-order valence-electron chi connectivity index (χ1n) is 7.48. The number of halogens is 1. The molecular weight excluding hydrogens is 380 g/mol. The minimum atomic E-state index is -0.870. The number of nitrogens with zero attached hydrogens (tertiary/aromatic N) is 1. The number of furan rings is 1. The van der Waals surface area contributed by atoms with Gasteiger partial charge >= 0.3 is 0 Å². The van der Waals surface area contributed by atoms with E-state index in [0.717, 1.165) is 10.9 Å². The van der Waals surface area contributed by atoms with E-state index in [2.05, 4.69) is 5.32 Å². The summed E-state index contributed by atoms with van der Waals surface area (Å²) in [6, 6.07) is 10.6. The number of nitro groups is 1. The lowest BCUT2D eigenvalue weighted by atomic mass is 10.2. The third kappa shape index (κ3) is 3.93. The zero-order chi connectivity index (χ0) is 18.7. The zero-order valence-corrected chi connectivity index (χ0v) is 14.8. The number of thiophene rings is 1. The van der Waals surface area contributed by atoms with E-state index < -0.39 is 16.9 Å². The van der Waals surface area contributed by atoms with Crippen LogP contribution in [0.4, 0.5) is 5.69 Å². The molecule has 1 unspecified atom stereocenters. The molecule has 3 rings (SSSR count). The van der Waals surface area contributed by atoms with Crippen molar-refractivity contribution in [3.05, 3.63) is 84.9 Å². The van der Waals surface area contributed by atoms with Crippen molar-refractivity contribution >= 4 is 34.5 Å². The zero-order valence-electron chi connectivity index (χ0n) is 13.2. The van der Waals surface area contributed by atoms with Crippen LogP contribution in [-0.4, -0.2) is 15.9 Å². The lowest BCUT2D eigenvalue weighted by molar-refractivity contribution is -0.384. The standard InChI is InChI=1S/C17H13ClN2O5S/c18-13-5-3-10(20(23)24)8-12(13)17(22)19-9-11-4-6-15(26-11)16(21)14-2-1-7-25-14/h1-8,16,21H,9H2,(H,19,22). The average Bonchev–Trinajstić information content (AvgIpc) is 3.31. The van der Waals surface area contributed by atoms with Gasteiger partial charge in [-0.1, -0.05) is 11.6 Å². The van der Waals surface area contributed by atoms with E-state index in [1.165, 1.54) is 29.7 Å². The number of aliphatic hydroxyl groups is 1. The van der Waals surface area contributed by atoms with Crippen LogP contribution in [0, 0.1) is 10.1 Å². The molecule has 0 saturated carbocycles. The van der Waals surface area contributed by atoms with Crippen molar-refractivity contribution in [1.82, 2.24) is 5.32 Å². The smallest absolute Gasteiger partial charge is 0.270 e. The number of carbonyl (C=O) groups is 1. The largest absolute Gasteiger partial charge is 0.466 e. The van der Waals surface area contributed by atoms with Crippen LogP contribution in [0.5, 0.6) is 0 Å². The monoisotopic (exact) mass is 392 g/mol. The van der Waals surface area contributed by atoms with Crippen LogP contribution in [-0.2, 0) is 6.54 Å². The van der Waals surface area contributed by atoms with Crippen LogP contribution in [0.15, 0.2) is 53.1 Å². The van der Waals surface area contributed by atoms with Gasteiger partial charge < -0.3 is 14.8 Å². The number of amides is 1. The second-order valence-electron chi connectivity index (χ2n) is 5.33. The molecule has 26 heavy (non-hydrogen) atoms. The molecule has 0 bridgehead atoms. The molecule has 9 heteroatoms. The first-order valence-corrected chi connectivity index (χ1v) is 8.67. The quantitative estimate of drug-likeness (QED) is 0.488. The fourth-order valence-electron chi connectivity index (χ4n) is 2.29. The number of nitro benzene ring substituents is 1. The highest BCUT2D eigenvalue weighted by molar-refractivity contribution is 7.12. The molecule has 1 aromatic carbocycles. The molecule has 1 atom stereocenters. The average molecular weight is 393 g/mol. The van der Waals surface area contributed by atoms with E-state index in [1.54, 1.807) is 24.3 Å². The summed E-state index contributed by atoms with van der Waals surface area (Å²) in [5.74, 6) is -0.0777. The molecule has 0 spiro atoms. The Balaban J connectivity index is 1.67. The maximum atomic E-state index is 12.3. The highest BCUT2D eigenvalue weighted by Gasteiger charge is 2.18. The molecule has 0 aliphatic carbocycles. The Morgan fingerprint density at radius 2 is 2.15 bits per heavy atom. The first-order chi connectivity index (χ1) is 12.5. The van der Waals surface area contributed by atoms with Crippen molar-refractivity contribution in [2.24, 2.45) is 0 Å². The molecule has 2 aromatic heterocycles. The summed E-state index contributed by atoms with van der Waals surface area (Å²) >= 11 is 7.28. The molecule has 0 saturated heterocycles. The summed E-state index contributed by atoms with van der Waals surface area (Å²) in [5.41, 5.74) is -0.173. The molecule has 3 aromatic rings. The Hall–Kier alpha value is -2.68. The van der Waals surface area contributed by atoms with Gasteiger partial charge in [0.05, 0.1) is 28.3 Å². The second-order valence-corrected chi connectivity index (χ2v) is 6.93. The second kappa shape index (κ2) is 7.69. The summed E-state index contributed by atoms with van der Waals surface area (Å²) in [6.07, 6.45) is 0.612. The van der Waals surface area contributed by atoms with Crippen LogP contribution in [0.3, 0.4) is 0 Å². The van der Waals surface area contributed by atoms with Crippen molar-refractivity contribution in [1.29, 1.82) is 0 Å².